The van der Waals surface area contributed by atoms with E-state index in [0.29, 0.717) is 29.2 Å². The van der Waals surface area contributed by atoms with E-state index in [4.69, 9.17) is 4.74 Å². The third-order valence-electron chi connectivity index (χ3n) is 4.66. The molecular formula is C21H18FN5O3. The number of fused-ring (bicyclic) bond motifs is 1. The molecule has 1 atom stereocenters. The predicted molar refractivity (Wildman–Crippen MR) is 107 cm³/mol. The van der Waals surface area contributed by atoms with Crippen LogP contribution in [-0.4, -0.2) is 46.9 Å². The highest BCUT2D eigenvalue weighted by Gasteiger charge is 2.28. The van der Waals surface area contributed by atoms with E-state index in [2.05, 4.69) is 20.2 Å². The standard InChI is InChI=1S/C21H18FN5O3/c1-27-16-7-2-3-8-17(16)30-12-14(21(27)29)11-23-20(28)19-24-18(25-26-19)10-13-5-4-6-15(22)9-13/h2-9,11,14H,10,12H2,1H3,(H,24,25,26)/b23-11+. The van der Waals surface area contributed by atoms with Crippen LogP contribution in [0, 0.1) is 11.7 Å². The summed E-state index contributed by atoms with van der Waals surface area (Å²) in [6.07, 6.45) is 1.56. The number of H-pyrrole nitrogens is 1. The molecule has 30 heavy (non-hydrogen) atoms. The fourth-order valence-corrected chi connectivity index (χ4v) is 3.11. The highest BCUT2D eigenvalue weighted by Crippen LogP contribution is 2.30. The molecule has 152 valence electrons. The van der Waals surface area contributed by atoms with Gasteiger partial charge < -0.3 is 14.6 Å². The molecular weight excluding hydrogens is 389 g/mol. The second-order valence-electron chi connectivity index (χ2n) is 6.79. The van der Waals surface area contributed by atoms with Crippen molar-refractivity contribution < 1.29 is 18.7 Å². The number of anilines is 1. The van der Waals surface area contributed by atoms with Gasteiger partial charge in [-0.05, 0) is 29.8 Å². The maximum Gasteiger partial charge on any atom is 0.314 e. The first kappa shape index (κ1) is 19.4. The second-order valence-corrected chi connectivity index (χ2v) is 6.79. The van der Waals surface area contributed by atoms with Crippen LogP contribution in [0.2, 0.25) is 0 Å². The lowest BCUT2D eigenvalue weighted by molar-refractivity contribution is -0.120. The number of aromatic amines is 1. The van der Waals surface area contributed by atoms with Crippen molar-refractivity contribution in [2.45, 2.75) is 6.42 Å². The summed E-state index contributed by atoms with van der Waals surface area (Å²) in [6.45, 7) is 0.0677. The fraction of sp³-hybridized carbons (Fsp3) is 0.190. The van der Waals surface area contributed by atoms with Crippen LogP contribution in [0.15, 0.2) is 53.5 Å². The topological polar surface area (TPSA) is 101 Å². The quantitative estimate of drug-likeness (QED) is 0.670. The lowest BCUT2D eigenvalue weighted by Crippen LogP contribution is -2.34. The van der Waals surface area contributed by atoms with Crippen molar-refractivity contribution in [1.29, 1.82) is 0 Å². The van der Waals surface area contributed by atoms with Crippen LogP contribution >= 0.6 is 0 Å². The first-order valence-electron chi connectivity index (χ1n) is 9.25. The van der Waals surface area contributed by atoms with Gasteiger partial charge in [0, 0.05) is 19.7 Å². The van der Waals surface area contributed by atoms with E-state index in [9.17, 15) is 14.0 Å². The zero-order chi connectivity index (χ0) is 21.1. The van der Waals surface area contributed by atoms with E-state index < -0.39 is 11.8 Å². The molecule has 1 unspecified atom stereocenters. The molecule has 1 N–H and O–H groups in total. The van der Waals surface area contributed by atoms with Gasteiger partial charge in [-0.2, -0.15) is 0 Å². The number of aromatic nitrogens is 3. The molecule has 0 bridgehead atoms. The molecule has 4 rings (SSSR count). The summed E-state index contributed by atoms with van der Waals surface area (Å²) in [5, 5.41) is 7.70. The van der Waals surface area contributed by atoms with Crippen LogP contribution in [0.25, 0.3) is 0 Å². The normalized spacial score (nSPS) is 16.3. The van der Waals surface area contributed by atoms with Crippen LogP contribution in [0.4, 0.5) is 10.1 Å². The third kappa shape index (κ3) is 4.09. The Morgan fingerprint density at radius 2 is 2.13 bits per heavy atom. The van der Waals surface area contributed by atoms with Crippen LogP contribution < -0.4 is 9.64 Å². The SMILES string of the molecule is CN1C(=O)C(/C=N/C(=O)c2nnc(Cc3cccc(F)c3)[nH]2)COc2ccccc21. The summed E-state index contributed by atoms with van der Waals surface area (Å²) in [5.41, 5.74) is 1.35. The van der Waals surface area contributed by atoms with Gasteiger partial charge in [0.2, 0.25) is 11.7 Å². The minimum Gasteiger partial charge on any atom is -0.490 e. The van der Waals surface area contributed by atoms with Gasteiger partial charge in [0.15, 0.2) is 0 Å². The number of nitrogens with one attached hydrogen (secondary N) is 1. The van der Waals surface area contributed by atoms with Crippen LogP contribution in [-0.2, 0) is 11.2 Å². The second kappa shape index (κ2) is 8.24. The van der Waals surface area contributed by atoms with Crippen molar-refractivity contribution in [3.63, 3.8) is 0 Å². The maximum atomic E-state index is 13.3. The van der Waals surface area contributed by atoms with Gasteiger partial charge >= 0.3 is 5.91 Å². The van der Waals surface area contributed by atoms with Gasteiger partial charge in [-0.1, -0.05) is 24.3 Å². The molecule has 3 aromatic rings. The number of benzene rings is 2. The first-order chi connectivity index (χ1) is 14.5. The number of amides is 2. The smallest absolute Gasteiger partial charge is 0.314 e. The molecule has 0 saturated heterocycles. The average Bonchev–Trinajstić information content (AvgIpc) is 3.17. The number of para-hydroxylation sites is 2. The number of aliphatic imine (C=N–C) groups is 1. The molecule has 0 saturated carbocycles. The lowest BCUT2D eigenvalue weighted by atomic mass is 10.1. The van der Waals surface area contributed by atoms with E-state index >= 15 is 0 Å². The number of nitrogens with zero attached hydrogens (tertiary/aromatic N) is 4. The molecule has 1 aliphatic heterocycles. The van der Waals surface area contributed by atoms with Crippen molar-refractivity contribution in [2.75, 3.05) is 18.6 Å². The number of carbonyl (C=O) groups is 2. The molecule has 0 aliphatic carbocycles. The monoisotopic (exact) mass is 407 g/mol. The van der Waals surface area contributed by atoms with Gasteiger partial charge in [0.25, 0.3) is 0 Å². The van der Waals surface area contributed by atoms with Crippen molar-refractivity contribution in [3.05, 3.63) is 71.6 Å². The fourth-order valence-electron chi connectivity index (χ4n) is 3.11. The van der Waals surface area contributed by atoms with E-state index in [0.717, 1.165) is 0 Å². The Morgan fingerprint density at radius 1 is 1.30 bits per heavy atom. The largest absolute Gasteiger partial charge is 0.490 e. The lowest BCUT2D eigenvalue weighted by Gasteiger charge is -2.17. The van der Waals surface area contributed by atoms with E-state index in [1.807, 2.05) is 12.1 Å². The zero-order valence-electron chi connectivity index (χ0n) is 16.1. The van der Waals surface area contributed by atoms with Crippen LogP contribution in [0.5, 0.6) is 5.75 Å². The van der Waals surface area contributed by atoms with E-state index in [-0.39, 0.29) is 24.2 Å². The number of hydrogen-bond acceptors (Lipinski definition) is 5. The van der Waals surface area contributed by atoms with Gasteiger partial charge in [0.1, 0.15) is 29.9 Å². The molecule has 0 fully saturated rings. The first-order valence-corrected chi connectivity index (χ1v) is 9.25. The summed E-state index contributed by atoms with van der Waals surface area (Å²) < 4.78 is 19.0. The van der Waals surface area contributed by atoms with Crippen molar-refractivity contribution in [1.82, 2.24) is 15.2 Å². The Morgan fingerprint density at radius 3 is 2.97 bits per heavy atom. The molecule has 0 spiro atoms. The number of halogens is 1. The number of carbonyl (C=O) groups excluding carboxylic acids is 2. The summed E-state index contributed by atoms with van der Waals surface area (Å²) >= 11 is 0. The van der Waals surface area contributed by atoms with Gasteiger partial charge in [-0.15, -0.1) is 10.2 Å². The van der Waals surface area contributed by atoms with Crippen molar-refractivity contribution in [3.8, 4) is 5.75 Å². The molecule has 9 heteroatoms. The molecule has 2 aromatic carbocycles. The summed E-state index contributed by atoms with van der Waals surface area (Å²) in [4.78, 5) is 33.1. The minimum atomic E-state index is -0.721. The Kier molecular flexibility index (Phi) is 5.34. The Hall–Kier alpha value is -3.88. The molecule has 2 heterocycles. The Bertz CT molecular complexity index is 1130. The Balaban J connectivity index is 1.44. The van der Waals surface area contributed by atoms with Crippen LogP contribution in [0.3, 0.4) is 0 Å². The third-order valence-corrected chi connectivity index (χ3v) is 4.66. The average molecular weight is 407 g/mol. The van der Waals surface area contributed by atoms with Gasteiger partial charge in [-0.3, -0.25) is 9.59 Å². The van der Waals surface area contributed by atoms with Gasteiger partial charge in [0.05, 0.1) is 5.69 Å². The van der Waals surface area contributed by atoms with Crippen molar-refractivity contribution in [2.24, 2.45) is 10.9 Å². The molecule has 2 amide bonds. The highest BCUT2D eigenvalue weighted by molar-refractivity contribution is 6.07. The summed E-state index contributed by atoms with van der Waals surface area (Å²) in [6, 6.07) is 13.3. The summed E-state index contributed by atoms with van der Waals surface area (Å²) in [7, 11) is 1.65. The number of rotatable bonds is 4. The Labute approximate surface area is 171 Å². The predicted octanol–water partition coefficient (Wildman–Crippen LogP) is 2.42. The van der Waals surface area contributed by atoms with E-state index in [1.165, 1.54) is 23.2 Å². The van der Waals surface area contributed by atoms with Gasteiger partial charge in [-0.25, -0.2) is 9.38 Å². The number of hydrogen-bond donors (Lipinski definition) is 1. The minimum absolute atomic E-state index is 0.0590. The molecule has 0 radical (unpaired) electrons. The number of ether oxygens (including phenoxy) is 1. The molecule has 1 aliphatic rings. The van der Waals surface area contributed by atoms with Crippen LogP contribution in [0.1, 0.15) is 22.0 Å². The van der Waals surface area contributed by atoms with Crippen molar-refractivity contribution >= 4 is 23.7 Å². The molecule has 8 nitrogen and oxygen atoms in total. The van der Waals surface area contributed by atoms with E-state index in [1.54, 1.807) is 31.3 Å². The summed E-state index contributed by atoms with van der Waals surface area (Å²) in [5.74, 6) is -1.03. The molecule has 1 aromatic heterocycles. The maximum absolute atomic E-state index is 13.3. The highest BCUT2D eigenvalue weighted by atomic mass is 19.1. The zero-order valence-corrected chi connectivity index (χ0v) is 16.1.